The van der Waals surface area contributed by atoms with E-state index in [1.54, 1.807) is 0 Å². The van der Waals surface area contributed by atoms with Gasteiger partial charge in [-0.2, -0.15) is 0 Å². The molecule has 0 fully saturated rings. The highest BCUT2D eigenvalue weighted by molar-refractivity contribution is 9.10. The number of nitrogens with one attached hydrogen (secondary N) is 1. The normalized spacial score (nSPS) is 14.4. The lowest BCUT2D eigenvalue weighted by molar-refractivity contribution is 0.510. The summed E-state index contributed by atoms with van der Waals surface area (Å²) in [6.07, 6.45) is 3.31. The fraction of sp³-hybridized carbons (Fsp3) is 0.571. The minimum Gasteiger partial charge on any atom is -0.313 e. The number of rotatable bonds is 8. The smallest absolute Gasteiger partial charge is 0.0556 e. The predicted molar refractivity (Wildman–Crippen MR) is 82.4 cm³/mol. The van der Waals surface area contributed by atoms with Gasteiger partial charge in [0.2, 0.25) is 0 Å². The maximum Gasteiger partial charge on any atom is 0.0556 e. The molecule has 0 saturated carbocycles. The van der Waals surface area contributed by atoms with Crippen LogP contribution < -0.4 is 5.32 Å². The van der Waals surface area contributed by atoms with Gasteiger partial charge in [0.1, 0.15) is 0 Å². The molecule has 1 rings (SSSR count). The summed E-state index contributed by atoms with van der Waals surface area (Å²) < 4.78 is 13.3. The minimum atomic E-state index is -0.939. The molecule has 2 nitrogen and oxygen atoms in total. The summed E-state index contributed by atoms with van der Waals surface area (Å²) in [5.74, 6) is 0.691. The SMILES string of the molecule is CCCNC(CCC)CS(=O)c1ccccc1Br. The van der Waals surface area contributed by atoms with Crippen LogP contribution in [0.5, 0.6) is 0 Å². The number of benzene rings is 1. The summed E-state index contributed by atoms with van der Waals surface area (Å²) in [6.45, 7) is 5.32. The lowest BCUT2D eigenvalue weighted by Crippen LogP contribution is -2.34. The van der Waals surface area contributed by atoms with Crippen molar-refractivity contribution >= 4 is 26.7 Å². The quantitative estimate of drug-likeness (QED) is 0.786. The number of hydrogen-bond acceptors (Lipinski definition) is 2. The third kappa shape index (κ3) is 5.21. The lowest BCUT2D eigenvalue weighted by Gasteiger charge is -2.17. The molecule has 0 spiro atoms. The van der Waals surface area contributed by atoms with Gasteiger partial charge in [-0.3, -0.25) is 4.21 Å². The zero-order valence-electron chi connectivity index (χ0n) is 11.1. The second-order valence-corrected chi connectivity index (χ2v) is 6.70. The molecule has 1 aromatic carbocycles. The maximum absolute atomic E-state index is 12.4. The topological polar surface area (TPSA) is 29.1 Å². The third-order valence-corrected chi connectivity index (χ3v) is 5.26. The van der Waals surface area contributed by atoms with Crippen molar-refractivity contribution in [3.8, 4) is 0 Å². The molecule has 18 heavy (non-hydrogen) atoms. The van der Waals surface area contributed by atoms with Gasteiger partial charge < -0.3 is 5.32 Å². The second kappa shape index (κ2) is 8.83. The molecule has 0 radical (unpaired) electrons. The standard InChI is InChI=1S/C14H22BrNOS/c1-3-7-12(16-10-4-2)11-18(17)14-9-6-5-8-13(14)15/h5-6,8-9,12,16H,3-4,7,10-11H2,1-2H3. The third-order valence-electron chi connectivity index (χ3n) is 2.75. The van der Waals surface area contributed by atoms with Gasteiger partial charge in [-0.1, -0.05) is 32.4 Å². The molecule has 0 aliphatic rings. The van der Waals surface area contributed by atoms with E-state index in [4.69, 9.17) is 0 Å². The Balaban J connectivity index is 2.63. The second-order valence-electron chi connectivity index (χ2n) is 4.38. The van der Waals surface area contributed by atoms with E-state index in [-0.39, 0.29) is 0 Å². The van der Waals surface area contributed by atoms with Crippen LogP contribution in [0.3, 0.4) is 0 Å². The number of hydrogen-bond donors (Lipinski definition) is 1. The Bertz CT molecular complexity index is 384. The Labute approximate surface area is 121 Å². The van der Waals surface area contributed by atoms with E-state index in [9.17, 15) is 4.21 Å². The minimum absolute atomic E-state index is 0.350. The zero-order valence-corrected chi connectivity index (χ0v) is 13.5. The van der Waals surface area contributed by atoms with Crippen LogP contribution in [0.15, 0.2) is 33.6 Å². The molecular weight excluding hydrogens is 310 g/mol. The largest absolute Gasteiger partial charge is 0.313 e. The Hall–Kier alpha value is -0.190. The first-order valence-electron chi connectivity index (χ1n) is 6.55. The lowest BCUT2D eigenvalue weighted by atomic mass is 10.2. The molecule has 2 atom stereocenters. The molecular formula is C14H22BrNOS. The fourth-order valence-corrected chi connectivity index (χ4v) is 4.01. The van der Waals surface area contributed by atoms with Gasteiger partial charge in [0.05, 0.1) is 15.7 Å². The van der Waals surface area contributed by atoms with Crippen molar-refractivity contribution in [1.82, 2.24) is 5.32 Å². The first kappa shape index (κ1) is 15.9. The molecule has 1 N–H and O–H groups in total. The van der Waals surface area contributed by atoms with Gasteiger partial charge in [0, 0.05) is 16.3 Å². The monoisotopic (exact) mass is 331 g/mol. The van der Waals surface area contributed by atoms with E-state index in [1.165, 1.54) is 0 Å². The summed E-state index contributed by atoms with van der Waals surface area (Å²) in [5, 5.41) is 3.48. The average Bonchev–Trinajstić information content (AvgIpc) is 2.36. The van der Waals surface area contributed by atoms with E-state index in [2.05, 4.69) is 35.1 Å². The Kier molecular flexibility index (Phi) is 7.79. The molecule has 1 aromatic rings. The predicted octanol–water partition coefficient (Wildman–Crippen LogP) is 3.73. The van der Waals surface area contributed by atoms with Gasteiger partial charge in [-0.05, 0) is 47.4 Å². The van der Waals surface area contributed by atoms with E-state index in [1.807, 2.05) is 24.3 Å². The molecule has 4 heteroatoms. The van der Waals surface area contributed by atoms with E-state index in [0.717, 1.165) is 35.2 Å². The molecule has 0 saturated heterocycles. The highest BCUT2D eigenvalue weighted by atomic mass is 79.9. The van der Waals surface area contributed by atoms with Gasteiger partial charge in [-0.15, -0.1) is 0 Å². The maximum atomic E-state index is 12.4. The molecule has 0 bridgehead atoms. The average molecular weight is 332 g/mol. The van der Waals surface area contributed by atoms with Crippen LogP contribution in [0.25, 0.3) is 0 Å². The highest BCUT2D eigenvalue weighted by Gasteiger charge is 2.14. The van der Waals surface area contributed by atoms with Gasteiger partial charge >= 0.3 is 0 Å². The van der Waals surface area contributed by atoms with Gasteiger partial charge in [0.25, 0.3) is 0 Å². The Morgan fingerprint density at radius 2 is 2.00 bits per heavy atom. The van der Waals surface area contributed by atoms with Crippen molar-refractivity contribution in [3.63, 3.8) is 0 Å². The van der Waals surface area contributed by atoms with Crippen LogP contribution in [0.2, 0.25) is 0 Å². The molecule has 0 aliphatic carbocycles. The first-order valence-corrected chi connectivity index (χ1v) is 8.66. The van der Waals surface area contributed by atoms with Gasteiger partial charge in [0.15, 0.2) is 0 Å². The summed E-state index contributed by atoms with van der Waals surface area (Å²) in [5.41, 5.74) is 0. The Morgan fingerprint density at radius 3 is 2.61 bits per heavy atom. The molecule has 2 unspecified atom stereocenters. The molecule has 0 aliphatic heterocycles. The summed E-state index contributed by atoms with van der Waals surface area (Å²) >= 11 is 3.46. The first-order chi connectivity index (χ1) is 8.69. The zero-order chi connectivity index (χ0) is 13.4. The van der Waals surface area contributed by atoms with Crippen LogP contribution in [0, 0.1) is 0 Å². The Morgan fingerprint density at radius 1 is 1.28 bits per heavy atom. The van der Waals surface area contributed by atoms with Crippen molar-refractivity contribution in [2.45, 2.75) is 44.0 Å². The summed E-state index contributed by atoms with van der Waals surface area (Å²) in [6, 6.07) is 8.11. The summed E-state index contributed by atoms with van der Waals surface area (Å²) in [7, 11) is -0.939. The van der Waals surface area contributed by atoms with Gasteiger partial charge in [-0.25, -0.2) is 0 Å². The summed E-state index contributed by atoms with van der Waals surface area (Å²) in [4.78, 5) is 0.900. The molecule has 0 heterocycles. The van der Waals surface area contributed by atoms with Crippen LogP contribution in [0.1, 0.15) is 33.1 Å². The fourth-order valence-electron chi connectivity index (χ4n) is 1.84. The van der Waals surface area contributed by atoms with Crippen molar-refractivity contribution in [2.24, 2.45) is 0 Å². The van der Waals surface area contributed by atoms with E-state index in [0.29, 0.717) is 11.8 Å². The van der Waals surface area contributed by atoms with Crippen molar-refractivity contribution in [1.29, 1.82) is 0 Å². The molecule has 102 valence electrons. The van der Waals surface area contributed by atoms with Crippen LogP contribution in [-0.2, 0) is 10.8 Å². The van der Waals surface area contributed by atoms with Crippen LogP contribution >= 0.6 is 15.9 Å². The van der Waals surface area contributed by atoms with E-state index < -0.39 is 10.8 Å². The number of halogens is 1. The van der Waals surface area contributed by atoms with Crippen molar-refractivity contribution in [3.05, 3.63) is 28.7 Å². The van der Waals surface area contributed by atoms with Crippen LogP contribution in [0.4, 0.5) is 0 Å². The van der Waals surface area contributed by atoms with Crippen LogP contribution in [-0.4, -0.2) is 22.5 Å². The molecule has 0 amide bonds. The van der Waals surface area contributed by atoms with Crippen molar-refractivity contribution < 1.29 is 4.21 Å². The van der Waals surface area contributed by atoms with E-state index >= 15 is 0 Å². The molecule has 0 aromatic heterocycles. The highest BCUT2D eigenvalue weighted by Crippen LogP contribution is 2.20. The van der Waals surface area contributed by atoms with Crippen molar-refractivity contribution in [2.75, 3.05) is 12.3 Å².